The number of nitrogens with one attached hydrogen (secondary N) is 1. The van der Waals surface area contributed by atoms with Crippen LogP contribution < -0.4 is 5.32 Å². The van der Waals surface area contributed by atoms with Gasteiger partial charge in [-0.3, -0.25) is 9.78 Å². The first-order chi connectivity index (χ1) is 10.9. The average molecular weight is 350 g/mol. The maximum absolute atomic E-state index is 12.4. The number of aromatic nitrogens is 2. The molecule has 0 aliphatic rings. The minimum absolute atomic E-state index is 0.173. The molecule has 1 amide bonds. The van der Waals surface area contributed by atoms with Crippen LogP contribution in [-0.4, -0.2) is 35.1 Å². The second kappa shape index (κ2) is 7.55. The number of carbonyl (C=O) groups is 1. The van der Waals surface area contributed by atoms with Gasteiger partial charge in [0, 0.05) is 25.1 Å². The second-order valence-corrected chi connectivity index (χ2v) is 6.55. The van der Waals surface area contributed by atoms with Crippen LogP contribution in [-0.2, 0) is 4.74 Å². The monoisotopic (exact) mass is 349 g/mol. The summed E-state index contributed by atoms with van der Waals surface area (Å²) >= 11 is 7.33. The highest BCUT2D eigenvalue weighted by atomic mass is 35.5. The van der Waals surface area contributed by atoms with Crippen molar-refractivity contribution in [1.29, 1.82) is 0 Å². The molecule has 2 aromatic rings. The Kier molecular flexibility index (Phi) is 5.72. The Morgan fingerprint density at radius 3 is 2.96 bits per heavy atom. The highest BCUT2D eigenvalue weighted by Gasteiger charge is 2.23. The summed E-state index contributed by atoms with van der Waals surface area (Å²) < 4.78 is 4.88. The molecule has 2 heterocycles. The number of ether oxygens (including phenoxy) is 1. The Morgan fingerprint density at radius 2 is 2.30 bits per heavy atom. The number of methoxy groups -OCH3 is 1. The van der Waals surface area contributed by atoms with Gasteiger partial charge >= 0.3 is 0 Å². The van der Waals surface area contributed by atoms with Crippen molar-refractivity contribution < 1.29 is 9.53 Å². The lowest BCUT2D eigenvalue weighted by Crippen LogP contribution is -2.42. The van der Waals surface area contributed by atoms with Crippen LogP contribution in [0.25, 0.3) is 10.6 Å². The molecule has 0 unspecified atom stereocenters. The third-order valence-corrected chi connectivity index (χ3v) is 4.23. The molecule has 0 fully saturated rings. The summed E-state index contributed by atoms with van der Waals surface area (Å²) in [5, 5.41) is 3.66. The number of amides is 1. The Balaban J connectivity index is 2.18. The van der Waals surface area contributed by atoms with Crippen LogP contribution in [0.2, 0.25) is 5.15 Å². The molecule has 0 bridgehead atoms. The lowest BCUT2D eigenvalue weighted by Gasteiger charge is -2.19. The zero-order valence-electron chi connectivity index (χ0n) is 13.0. The highest BCUT2D eigenvalue weighted by molar-refractivity contribution is 7.17. The molecule has 0 saturated carbocycles. The molecule has 120 valence electrons. The molecule has 0 aliphatic heterocycles. The topological polar surface area (TPSA) is 64.1 Å². The van der Waals surface area contributed by atoms with Gasteiger partial charge in [0.05, 0.1) is 5.54 Å². The number of halogens is 1. The first-order valence-corrected chi connectivity index (χ1v) is 8.00. The predicted octanol–water partition coefficient (Wildman–Crippen LogP) is 3.02. The number of pyridine rings is 1. The molecule has 23 heavy (non-hydrogen) atoms. The van der Waals surface area contributed by atoms with E-state index in [9.17, 15) is 4.79 Å². The highest BCUT2D eigenvalue weighted by Crippen LogP contribution is 2.30. The van der Waals surface area contributed by atoms with Crippen LogP contribution in [0.1, 0.15) is 23.5 Å². The molecule has 0 aromatic carbocycles. The second-order valence-electron chi connectivity index (χ2n) is 5.19. The molecule has 0 spiro atoms. The summed E-state index contributed by atoms with van der Waals surface area (Å²) in [6.45, 7) is 3.93. The van der Waals surface area contributed by atoms with Crippen molar-refractivity contribution in [2.24, 2.45) is 0 Å². The van der Waals surface area contributed by atoms with Crippen LogP contribution in [0, 0.1) is 11.8 Å². The van der Waals surface area contributed by atoms with E-state index in [-0.39, 0.29) is 11.1 Å². The van der Waals surface area contributed by atoms with Gasteiger partial charge in [-0.05, 0) is 26.0 Å². The van der Waals surface area contributed by atoms with Gasteiger partial charge in [-0.1, -0.05) is 23.4 Å². The van der Waals surface area contributed by atoms with E-state index in [1.165, 1.54) is 11.3 Å². The zero-order chi connectivity index (χ0) is 16.9. The number of rotatable bonds is 4. The Hall–Kier alpha value is -1.94. The van der Waals surface area contributed by atoms with Gasteiger partial charge in [0.25, 0.3) is 5.91 Å². The Bertz CT molecular complexity index is 748. The van der Waals surface area contributed by atoms with E-state index in [1.807, 2.05) is 19.9 Å². The van der Waals surface area contributed by atoms with Gasteiger partial charge < -0.3 is 10.1 Å². The third kappa shape index (κ3) is 4.76. The Morgan fingerprint density at radius 1 is 1.52 bits per heavy atom. The van der Waals surface area contributed by atoms with E-state index in [0.29, 0.717) is 16.5 Å². The molecular formula is C16H16ClN3O2S. The van der Waals surface area contributed by atoms with Crippen molar-refractivity contribution >= 4 is 28.8 Å². The molecule has 5 nitrogen and oxygen atoms in total. The summed E-state index contributed by atoms with van der Waals surface area (Å²) in [5.74, 6) is 5.47. The average Bonchev–Trinajstić information content (AvgIpc) is 2.90. The fraction of sp³-hybridized carbons (Fsp3) is 0.312. The largest absolute Gasteiger partial charge is 0.372 e. The zero-order valence-corrected chi connectivity index (χ0v) is 14.6. The smallest absolute Gasteiger partial charge is 0.265 e. The van der Waals surface area contributed by atoms with Gasteiger partial charge in [-0.25, -0.2) is 4.98 Å². The summed E-state index contributed by atoms with van der Waals surface area (Å²) in [5.41, 5.74) is 0.120. The molecule has 0 atom stereocenters. The summed E-state index contributed by atoms with van der Waals surface area (Å²) in [4.78, 5) is 21.0. The maximum Gasteiger partial charge on any atom is 0.265 e. The van der Waals surface area contributed by atoms with Crippen LogP contribution in [0.4, 0.5) is 0 Å². The lowest BCUT2D eigenvalue weighted by molar-refractivity contribution is 0.0934. The van der Waals surface area contributed by atoms with Crippen molar-refractivity contribution in [3.05, 3.63) is 34.6 Å². The molecule has 1 N–H and O–H groups in total. The van der Waals surface area contributed by atoms with Gasteiger partial charge in [-0.2, -0.15) is 0 Å². The molecule has 2 aromatic heterocycles. The molecule has 0 radical (unpaired) electrons. The molecule has 7 heteroatoms. The van der Waals surface area contributed by atoms with E-state index in [1.54, 1.807) is 25.6 Å². The minimum atomic E-state index is -0.697. The normalized spacial score (nSPS) is 10.8. The SMILES string of the molecule is COCC#CC(C)(C)NC(=O)c1sc(-c2cccnc2)nc1Cl. The van der Waals surface area contributed by atoms with Crippen molar-refractivity contribution in [3.8, 4) is 22.4 Å². The summed E-state index contributed by atoms with van der Waals surface area (Å²) in [6.07, 6.45) is 3.35. The van der Waals surface area contributed by atoms with Crippen molar-refractivity contribution in [2.45, 2.75) is 19.4 Å². The van der Waals surface area contributed by atoms with Crippen LogP contribution >= 0.6 is 22.9 Å². The number of nitrogens with zero attached hydrogens (tertiary/aromatic N) is 2. The first-order valence-electron chi connectivity index (χ1n) is 6.81. The van der Waals surface area contributed by atoms with Crippen molar-refractivity contribution in [2.75, 3.05) is 13.7 Å². The van der Waals surface area contributed by atoms with Gasteiger partial charge in [0.15, 0.2) is 5.15 Å². The lowest BCUT2D eigenvalue weighted by atomic mass is 10.1. The van der Waals surface area contributed by atoms with E-state index >= 15 is 0 Å². The summed E-state index contributed by atoms with van der Waals surface area (Å²) in [6, 6.07) is 3.67. The van der Waals surface area contributed by atoms with Crippen LogP contribution in [0.15, 0.2) is 24.5 Å². The number of carbonyl (C=O) groups excluding carboxylic acids is 1. The number of hydrogen-bond donors (Lipinski definition) is 1. The number of thiazole rings is 1. The van der Waals surface area contributed by atoms with Crippen molar-refractivity contribution in [1.82, 2.24) is 15.3 Å². The molecular weight excluding hydrogens is 334 g/mol. The molecule has 0 saturated heterocycles. The van der Waals surface area contributed by atoms with E-state index in [2.05, 4.69) is 27.1 Å². The van der Waals surface area contributed by atoms with E-state index in [0.717, 1.165) is 5.56 Å². The predicted molar refractivity (Wildman–Crippen MR) is 91.6 cm³/mol. The quantitative estimate of drug-likeness (QED) is 0.862. The fourth-order valence-electron chi connectivity index (χ4n) is 1.76. The van der Waals surface area contributed by atoms with Crippen LogP contribution in [0.3, 0.4) is 0 Å². The maximum atomic E-state index is 12.4. The van der Waals surface area contributed by atoms with E-state index < -0.39 is 5.54 Å². The number of hydrogen-bond acceptors (Lipinski definition) is 5. The Labute approximate surface area is 144 Å². The first kappa shape index (κ1) is 17.4. The fourth-order valence-corrected chi connectivity index (χ4v) is 2.93. The minimum Gasteiger partial charge on any atom is -0.372 e. The standard InChI is InChI=1S/C16H16ClN3O2S/c1-16(2,7-5-9-22-3)20-14(21)12-13(17)19-15(23-12)11-6-4-8-18-10-11/h4,6,8,10H,9H2,1-3H3,(H,20,21). The van der Waals surface area contributed by atoms with Gasteiger partial charge in [0.2, 0.25) is 0 Å². The van der Waals surface area contributed by atoms with E-state index in [4.69, 9.17) is 16.3 Å². The van der Waals surface area contributed by atoms with Gasteiger partial charge in [-0.15, -0.1) is 11.3 Å². The third-order valence-electron chi connectivity index (χ3n) is 2.74. The summed E-state index contributed by atoms with van der Waals surface area (Å²) in [7, 11) is 1.57. The van der Waals surface area contributed by atoms with Crippen LogP contribution in [0.5, 0.6) is 0 Å². The van der Waals surface area contributed by atoms with Crippen molar-refractivity contribution in [3.63, 3.8) is 0 Å². The molecule has 2 rings (SSSR count). The molecule has 0 aliphatic carbocycles. The van der Waals surface area contributed by atoms with Gasteiger partial charge in [0.1, 0.15) is 16.5 Å².